The van der Waals surface area contributed by atoms with Crippen molar-refractivity contribution in [1.82, 2.24) is 10.3 Å². The molecule has 0 aliphatic rings. The summed E-state index contributed by atoms with van der Waals surface area (Å²) >= 11 is 4.72. The van der Waals surface area contributed by atoms with Crippen molar-refractivity contribution in [2.45, 2.75) is 4.90 Å². The Bertz CT molecular complexity index is 1450. The first-order valence-electron chi connectivity index (χ1n) is 11.5. The maximum atomic E-state index is 13.2. The van der Waals surface area contributed by atoms with Gasteiger partial charge in [0.2, 0.25) is 5.91 Å². The van der Waals surface area contributed by atoms with E-state index in [9.17, 15) is 14.4 Å². The van der Waals surface area contributed by atoms with Gasteiger partial charge in [0, 0.05) is 38.7 Å². The second kappa shape index (κ2) is 13.4. The maximum Gasteiger partial charge on any atom is 0.272 e. The molecule has 0 atom stereocenters. The maximum absolute atomic E-state index is 13.2. The summed E-state index contributed by atoms with van der Waals surface area (Å²) in [4.78, 5) is 43.2. The average Bonchev–Trinajstić information content (AvgIpc) is 2.94. The van der Waals surface area contributed by atoms with E-state index in [4.69, 9.17) is 0 Å². The third kappa shape index (κ3) is 8.16. The first-order valence-corrected chi connectivity index (χ1v) is 13.3. The van der Waals surface area contributed by atoms with E-state index in [1.807, 2.05) is 36.4 Å². The van der Waals surface area contributed by atoms with E-state index in [1.54, 1.807) is 73.1 Å². The van der Waals surface area contributed by atoms with Crippen molar-refractivity contribution in [2.24, 2.45) is 0 Å². The summed E-state index contributed by atoms with van der Waals surface area (Å²) in [5.41, 5.74) is 2.40. The van der Waals surface area contributed by atoms with Gasteiger partial charge in [-0.1, -0.05) is 46.3 Å². The van der Waals surface area contributed by atoms with Crippen LogP contribution in [0.2, 0.25) is 0 Å². The number of hydrogen-bond acceptors (Lipinski definition) is 5. The van der Waals surface area contributed by atoms with Crippen LogP contribution in [0.3, 0.4) is 0 Å². The molecule has 0 saturated carbocycles. The number of halogens is 1. The Labute approximate surface area is 232 Å². The summed E-state index contributed by atoms with van der Waals surface area (Å²) < 4.78 is 0.932. The van der Waals surface area contributed by atoms with Crippen LogP contribution in [0.4, 0.5) is 11.4 Å². The third-order valence-electron chi connectivity index (χ3n) is 5.11. The molecule has 190 valence electrons. The summed E-state index contributed by atoms with van der Waals surface area (Å²) in [5.74, 6) is -0.838. The summed E-state index contributed by atoms with van der Waals surface area (Å²) in [5, 5.41) is 8.39. The number of carbonyl (C=O) groups excluding carboxylic acids is 3. The highest BCUT2D eigenvalue weighted by molar-refractivity contribution is 9.10. The lowest BCUT2D eigenvalue weighted by atomic mass is 10.2. The molecule has 0 unspecified atom stereocenters. The number of nitrogens with one attached hydrogen (secondary N) is 3. The Balaban J connectivity index is 1.42. The molecule has 0 aliphatic carbocycles. The predicted molar refractivity (Wildman–Crippen MR) is 155 cm³/mol. The Morgan fingerprint density at radius 3 is 2.37 bits per heavy atom. The topological polar surface area (TPSA) is 100 Å². The monoisotopic (exact) mass is 586 g/mol. The first kappa shape index (κ1) is 26.8. The zero-order chi connectivity index (χ0) is 26.7. The zero-order valence-corrected chi connectivity index (χ0v) is 22.5. The molecule has 7 nitrogen and oxygen atoms in total. The molecule has 0 aliphatic heterocycles. The standard InChI is InChI=1S/C29H23BrN4O3S/c30-22-11-13-23(14-12-22)32-27(35)19-38-25-10-4-9-24(17-25)33-29(37)26(16-20-6-5-15-31-18-20)34-28(36)21-7-2-1-3-8-21/h1-18H,19H2,(H,32,35)(H,33,37)(H,34,36)/b26-16-. The highest BCUT2D eigenvalue weighted by atomic mass is 79.9. The van der Waals surface area contributed by atoms with E-state index in [2.05, 4.69) is 36.9 Å². The summed E-state index contributed by atoms with van der Waals surface area (Å²) in [6.07, 6.45) is 4.79. The van der Waals surface area contributed by atoms with Gasteiger partial charge in [-0.25, -0.2) is 0 Å². The number of carbonyl (C=O) groups is 3. The molecule has 0 fully saturated rings. The molecule has 38 heavy (non-hydrogen) atoms. The average molecular weight is 587 g/mol. The number of rotatable bonds is 9. The van der Waals surface area contributed by atoms with Crippen molar-refractivity contribution in [3.63, 3.8) is 0 Å². The normalized spacial score (nSPS) is 10.9. The van der Waals surface area contributed by atoms with E-state index in [-0.39, 0.29) is 17.4 Å². The molecule has 0 saturated heterocycles. The molecule has 9 heteroatoms. The van der Waals surface area contributed by atoms with Crippen molar-refractivity contribution < 1.29 is 14.4 Å². The van der Waals surface area contributed by atoms with Gasteiger partial charge in [0.25, 0.3) is 11.8 Å². The minimum Gasteiger partial charge on any atom is -0.325 e. The SMILES string of the molecule is O=C(CSc1cccc(NC(=O)/C(=C/c2cccnc2)NC(=O)c2ccccc2)c1)Nc1ccc(Br)cc1. The van der Waals surface area contributed by atoms with Crippen LogP contribution in [0.5, 0.6) is 0 Å². The van der Waals surface area contributed by atoms with Crippen LogP contribution >= 0.6 is 27.7 Å². The molecule has 1 aromatic heterocycles. The van der Waals surface area contributed by atoms with Crippen LogP contribution in [-0.4, -0.2) is 28.5 Å². The lowest BCUT2D eigenvalue weighted by molar-refractivity contribution is -0.114. The molecule has 1 heterocycles. The van der Waals surface area contributed by atoms with Crippen molar-refractivity contribution in [2.75, 3.05) is 16.4 Å². The second-order valence-electron chi connectivity index (χ2n) is 7.99. The molecule has 3 N–H and O–H groups in total. The molecule has 4 rings (SSSR count). The van der Waals surface area contributed by atoms with Crippen LogP contribution in [0, 0.1) is 0 Å². The van der Waals surface area contributed by atoms with Crippen molar-refractivity contribution in [3.05, 3.63) is 125 Å². The summed E-state index contributed by atoms with van der Waals surface area (Å²) in [7, 11) is 0. The number of anilines is 2. The fourth-order valence-corrected chi connectivity index (χ4v) is 4.33. The van der Waals surface area contributed by atoms with Gasteiger partial charge in [-0.15, -0.1) is 11.8 Å². The third-order valence-corrected chi connectivity index (χ3v) is 6.64. The highest BCUT2D eigenvalue weighted by Gasteiger charge is 2.15. The smallest absolute Gasteiger partial charge is 0.272 e. The van der Waals surface area contributed by atoms with E-state index >= 15 is 0 Å². The largest absolute Gasteiger partial charge is 0.325 e. The highest BCUT2D eigenvalue weighted by Crippen LogP contribution is 2.23. The van der Waals surface area contributed by atoms with Gasteiger partial charge in [-0.05, 0) is 72.3 Å². The van der Waals surface area contributed by atoms with Crippen LogP contribution in [0.1, 0.15) is 15.9 Å². The van der Waals surface area contributed by atoms with Crippen LogP contribution in [0.15, 0.2) is 118 Å². The Morgan fingerprint density at radius 2 is 1.63 bits per heavy atom. The minimum absolute atomic E-state index is 0.0683. The first-order chi connectivity index (χ1) is 18.5. The van der Waals surface area contributed by atoms with E-state index in [1.165, 1.54) is 11.8 Å². The van der Waals surface area contributed by atoms with Gasteiger partial charge in [0.05, 0.1) is 5.75 Å². The molecule has 4 aromatic rings. The number of amides is 3. The quantitative estimate of drug-likeness (QED) is 0.165. The number of thioether (sulfide) groups is 1. The second-order valence-corrected chi connectivity index (χ2v) is 9.95. The molecule has 0 bridgehead atoms. The number of nitrogens with zero attached hydrogens (tertiary/aromatic N) is 1. The van der Waals surface area contributed by atoms with E-state index in [0.29, 0.717) is 22.5 Å². The number of benzene rings is 3. The minimum atomic E-state index is -0.492. The number of aromatic nitrogens is 1. The molecule has 3 aromatic carbocycles. The van der Waals surface area contributed by atoms with Gasteiger partial charge >= 0.3 is 0 Å². The number of hydrogen-bond donors (Lipinski definition) is 3. The molecular weight excluding hydrogens is 564 g/mol. The molecule has 3 amide bonds. The predicted octanol–water partition coefficient (Wildman–Crippen LogP) is 5.98. The van der Waals surface area contributed by atoms with Gasteiger partial charge in [0.15, 0.2) is 0 Å². The Kier molecular flexibility index (Phi) is 9.44. The van der Waals surface area contributed by atoms with E-state index in [0.717, 1.165) is 9.37 Å². The summed E-state index contributed by atoms with van der Waals surface area (Å²) in [6, 6.07) is 26.7. The van der Waals surface area contributed by atoms with Gasteiger partial charge in [-0.3, -0.25) is 19.4 Å². The molecule has 0 radical (unpaired) electrons. The van der Waals surface area contributed by atoms with E-state index < -0.39 is 11.8 Å². The molecular formula is C29H23BrN4O3S. The van der Waals surface area contributed by atoms with Gasteiger partial charge < -0.3 is 16.0 Å². The summed E-state index contributed by atoms with van der Waals surface area (Å²) in [6.45, 7) is 0. The fraction of sp³-hybridized carbons (Fsp3) is 0.0345. The van der Waals surface area contributed by atoms with Crippen LogP contribution < -0.4 is 16.0 Å². The van der Waals surface area contributed by atoms with Crippen LogP contribution in [0.25, 0.3) is 6.08 Å². The lowest BCUT2D eigenvalue weighted by Gasteiger charge is -2.12. The van der Waals surface area contributed by atoms with Crippen molar-refractivity contribution in [3.8, 4) is 0 Å². The van der Waals surface area contributed by atoms with Gasteiger partial charge in [-0.2, -0.15) is 0 Å². The van der Waals surface area contributed by atoms with Gasteiger partial charge in [0.1, 0.15) is 5.70 Å². The Hall–Kier alpha value is -4.21. The lowest BCUT2D eigenvalue weighted by Crippen LogP contribution is -2.30. The Morgan fingerprint density at radius 1 is 0.842 bits per heavy atom. The fourth-order valence-electron chi connectivity index (χ4n) is 3.31. The molecule has 0 spiro atoms. The van der Waals surface area contributed by atoms with Crippen molar-refractivity contribution >= 4 is 62.9 Å². The number of pyridine rings is 1. The van der Waals surface area contributed by atoms with Crippen molar-refractivity contribution in [1.29, 1.82) is 0 Å². The van der Waals surface area contributed by atoms with Crippen LogP contribution in [-0.2, 0) is 9.59 Å². The zero-order valence-electron chi connectivity index (χ0n) is 20.1.